The third kappa shape index (κ3) is 4.41. The minimum Gasteiger partial charge on any atom is -0.449 e. The molecule has 1 amide bonds. The minimum atomic E-state index is -1.05. The normalized spacial score (nSPS) is 11.5. The van der Waals surface area contributed by atoms with Crippen LogP contribution in [0, 0.1) is 24.0 Å². The van der Waals surface area contributed by atoms with E-state index in [0.29, 0.717) is 5.69 Å². The highest BCUT2D eigenvalue weighted by atomic mass is 16.6. The smallest absolute Gasteiger partial charge is 0.339 e. The second-order valence-corrected chi connectivity index (χ2v) is 5.61. The Balaban J connectivity index is 2.08. The molecule has 1 atom stereocenters. The van der Waals surface area contributed by atoms with Gasteiger partial charge in [0.2, 0.25) is 0 Å². The summed E-state index contributed by atoms with van der Waals surface area (Å²) in [6.45, 7) is 4.80. The number of ether oxygens (including phenoxy) is 1. The number of esters is 1. The van der Waals surface area contributed by atoms with E-state index in [4.69, 9.17) is 4.74 Å². The van der Waals surface area contributed by atoms with Gasteiger partial charge in [0.15, 0.2) is 6.10 Å². The van der Waals surface area contributed by atoms with Crippen LogP contribution in [0.5, 0.6) is 0 Å². The van der Waals surface area contributed by atoms with Crippen LogP contribution in [0.25, 0.3) is 0 Å². The summed E-state index contributed by atoms with van der Waals surface area (Å²) in [5.74, 6) is -1.27. The number of rotatable bonds is 5. The molecule has 0 aliphatic carbocycles. The number of carbonyl (C=O) groups is 2. The van der Waals surface area contributed by atoms with Crippen molar-refractivity contribution >= 4 is 23.3 Å². The van der Waals surface area contributed by atoms with Gasteiger partial charge in [0.25, 0.3) is 11.6 Å². The molecule has 2 rings (SSSR count). The van der Waals surface area contributed by atoms with E-state index in [0.717, 1.165) is 5.56 Å². The van der Waals surface area contributed by atoms with E-state index in [2.05, 4.69) is 5.32 Å². The molecule has 0 spiro atoms. The molecule has 7 heteroatoms. The lowest BCUT2D eigenvalue weighted by Crippen LogP contribution is -2.30. The summed E-state index contributed by atoms with van der Waals surface area (Å²) in [7, 11) is 0. The zero-order valence-corrected chi connectivity index (χ0v) is 14.1. The Hall–Kier alpha value is -3.22. The summed E-state index contributed by atoms with van der Waals surface area (Å²) in [4.78, 5) is 34.8. The molecule has 0 bridgehead atoms. The monoisotopic (exact) mass is 342 g/mol. The Morgan fingerprint density at radius 3 is 2.48 bits per heavy atom. The van der Waals surface area contributed by atoms with E-state index in [9.17, 15) is 19.7 Å². The van der Waals surface area contributed by atoms with Crippen LogP contribution in [-0.4, -0.2) is 22.9 Å². The number of benzene rings is 2. The molecule has 1 N–H and O–H groups in total. The highest BCUT2D eigenvalue weighted by Gasteiger charge is 2.23. The van der Waals surface area contributed by atoms with E-state index in [1.165, 1.54) is 32.0 Å². The van der Waals surface area contributed by atoms with Gasteiger partial charge in [0.05, 0.1) is 10.5 Å². The van der Waals surface area contributed by atoms with E-state index in [1.54, 1.807) is 18.2 Å². The highest BCUT2D eigenvalue weighted by molar-refractivity contribution is 5.98. The second-order valence-electron chi connectivity index (χ2n) is 5.61. The van der Waals surface area contributed by atoms with Crippen molar-refractivity contribution in [3.63, 3.8) is 0 Å². The maximum absolute atomic E-state index is 12.2. The second kappa shape index (κ2) is 7.57. The Morgan fingerprint density at radius 1 is 1.16 bits per heavy atom. The highest BCUT2D eigenvalue weighted by Crippen LogP contribution is 2.22. The summed E-state index contributed by atoms with van der Waals surface area (Å²) in [5, 5.41) is 13.6. The number of nitrogens with one attached hydrogen (secondary N) is 1. The van der Waals surface area contributed by atoms with Crippen LogP contribution in [0.1, 0.15) is 28.4 Å². The molecule has 0 fully saturated rings. The van der Waals surface area contributed by atoms with Crippen molar-refractivity contribution in [2.24, 2.45) is 0 Å². The van der Waals surface area contributed by atoms with E-state index in [1.807, 2.05) is 13.0 Å². The Bertz CT molecular complexity index is 832. The van der Waals surface area contributed by atoms with Gasteiger partial charge in [-0.1, -0.05) is 18.2 Å². The number of hydrogen-bond donors (Lipinski definition) is 1. The largest absolute Gasteiger partial charge is 0.449 e. The number of nitrogens with zero attached hydrogens (tertiary/aromatic N) is 1. The van der Waals surface area contributed by atoms with Crippen LogP contribution >= 0.6 is 0 Å². The molecule has 0 radical (unpaired) electrons. The number of anilines is 1. The predicted molar refractivity (Wildman–Crippen MR) is 92.5 cm³/mol. The summed E-state index contributed by atoms with van der Waals surface area (Å²) >= 11 is 0. The zero-order chi connectivity index (χ0) is 18.6. The molecule has 0 saturated carbocycles. The molecule has 25 heavy (non-hydrogen) atoms. The Labute approximate surface area is 144 Å². The lowest BCUT2D eigenvalue weighted by molar-refractivity contribution is -0.385. The van der Waals surface area contributed by atoms with Crippen molar-refractivity contribution in [2.45, 2.75) is 26.9 Å². The van der Waals surface area contributed by atoms with Crippen molar-refractivity contribution in [3.8, 4) is 0 Å². The summed E-state index contributed by atoms with van der Waals surface area (Å²) in [6.07, 6.45) is -1.05. The predicted octanol–water partition coefficient (Wildman–Crippen LogP) is 3.40. The van der Waals surface area contributed by atoms with Gasteiger partial charge in [-0.3, -0.25) is 14.9 Å². The van der Waals surface area contributed by atoms with Gasteiger partial charge in [0.1, 0.15) is 0 Å². The molecule has 130 valence electrons. The molecule has 0 aliphatic heterocycles. The summed E-state index contributed by atoms with van der Waals surface area (Å²) in [6, 6.07) is 11.3. The van der Waals surface area contributed by atoms with Crippen LogP contribution < -0.4 is 5.32 Å². The van der Waals surface area contributed by atoms with Crippen molar-refractivity contribution in [3.05, 3.63) is 69.3 Å². The average molecular weight is 342 g/mol. The first kappa shape index (κ1) is 18.1. The van der Waals surface area contributed by atoms with Crippen molar-refractivity contribution in [1.82, 2.24) is 0 Å². The number of carbonyl (C=O) groups excluding carboxylic acids is 2. The van der Waals surface area contributed by atoms with Gasteiger partial charge >= 0.3 is 5.97 Å². The molecular weight excluding hydrogens is 324 g/mol. The molecule has 0 aromatic heterocycles. The lowest BCUT2D eigenvalue weighted by atomic mass is 10.1. The summed E-state index contributed by atoms with van der Waals surface area (Å²) in [5.41, 5.74) is 1.66. The molecular formula is C18H18N2O5. The van der Waals surface area contributed by atoms with Crippen molar-refractivity contribution in [1.29, 1.82) is 0 Å². The van der Waals surface area contributed by atoms with Gasteiger partial charge < -0.3 is 10.1 Å². The Morgan fingerprint density at radius 2 is 1.84 bits per heavy atom. The van der Waals surface area contributed by atoms with Gasteiger partial charge in [-0.15, -0.1) is 0 Å². The standard InChI is InChI=1S/C18H18N2O5/c1-11-6-4-7-14(10-11)19-17(21)13(3)25-18(22)15-8-5-9-16(12(15)2)20(23)24/h4-10,13H,1-3H3,(H,19,21)/t13-/m0/s1. The number of nitro benzene ring substituents is 1. The zero-order valence-electron chi connectivity index (χ0n) is 14.1. The summed E-state index contributed by atoms with van der Waals surface area (Å²) < 4.78 is 5.14. The Kier molecular flexibility index (Phi) is 5.49. The first-order valence-electron chi connectivity index (χ1n) is 7.62. The molecule has 7 nitrogen and oxygen atoms in total. The number of aryl methyl sites for hydroxylation is 1. The maximum atomic E-state index is 12.2. The van der Waals surface area contributed by atoms with Crippen LogP contribution in [0.4, 0.5) is 11.4 Å². The van der Waals surface area contributed by atoms with Crippen molar-refractivity contribution < 1.29 is 19.2 Å². The minimum absolute atomic E-state index is 0.0596. The number of hydrogen-bond acceptors (Lipinski definition) is 5. The molecule has 2 aromatic rings. The van der Waals surface area contributed by atoms with E-state index < -0.39 is 22.9 Å². The SMILES string of the molecule is Cc1cccc(NC(=O)[C@H](C)OC(=O)c2cccc([N+](=O)[O-])c2C)c1. The molecule has 2 aromatic carbocycles. The van der Waals surface area contributed by atoms with E-state index in [-0.39, 0.29) is 16.8 Å². The molecule has 0 unspecified atom stereocenters. The lowest BCUT2D eigenvalue weighted by Gasteiger charge is -2.14. The fourth-order valence-electron chi connectivity index (χ4n) is 2.29. The van der Waals surface area contributed by atoms with Crippen LogP contribution in [-0.2, 0) is 9.53 Å². The van der Waals surface area contributed by atoms with Gasteiger partial charge in [-0.25, -0.2) is 4.79 Å². The molecule has 0 aliphatic rings. The maximum Gasteiger partial charge on any atom is 0.339 e. The number of amides is 1. The van der Waals surface area contributed by atoms with Crippen molar-refractivity contribution in [2.75, 3.05) is 5.32 Å². The van der Waals surface area contributed by atoms with Crippen LogP contribution in [0.2, 0.25) is 0 Å². The fourth-order valence-corrected chi connectivity index (χ4v) is 2.29. The van der Waals surface area contributed by atoms with Gasteiger partial charge in [0, 0.05) is 17.3 Å². The van der Waals surface area contributed by atoms with Crippen LogP contribution in [0.3, 0.4) is 0 Å². The first-order valence-corrected chi connectivity index (χ1v) is 7.62. The molecule has 0 saturated heterocycles. The average Bonchev–Trinajstić information content (AvgIpc) is 2.54. The quantitative estimate of drug-likeness (QED) is 0.510. The van der Waals surface area contributed by atoms with Crippen LogP contribution in [0.15, 0.2) is 42.5 Å². The molecule has 0 heterocycles. The van der Waals surface area contributed by atoms with E-state index >= 15 is 0 Å². The third-order valence-corrected chi connectivity index (χ3v) is 3.66. The first-order chi connectivity index (χ1) is 11.8. The topological polar surface area (TPSA) is 98.5 Å². The fraction of sp³-hybridized carbons (Fsp3) is 0.222. The number of nitro groups is 1. The van der Waals surface area contributed by atoms with Gasteiger partial charge in [-0.05, 0) is 44.5 Å². The third-order valence-electron chi connectivity index (χ3n) is 3.66. The van der Waals surface area contributed by atoms with Gasteiger partial charge in [-0.2, -0.15) is 0 Å².